The molecule has 1 N–H and O–H groups in total. The van der Waals surface area contributed by atoms with Crippen molar-refractivity contribution in [1.82, 2.24) is 10.3 Å². The molecule has 66 valence electrons. The van der Waals surface area contributed by atoms with E-state index in [9.17, 15) is 0 Å². The lowest BCUT2D eigenvalue weighted by Gasteiger charge is -2.08. The van der Waals surface area contributed by atoms with Gasteiger partial charge in [0.2, 0.25) is 0 Å². The van der Waals surface area contributed by atoms with Crippen LogP contribution in [0.1, 0.15) is 6.92 Å². The highest BCUT2D eigenvalue weighted by atomic mass is 32.2. The van der Waals surface area contributed by atoms with Gasteiger partial charge in [-0.3, -0.25) is 0 Å². The van der Waals surface area contributed by atoms with Gasteiger partial charge in [-0.1, -0.05) is 13.0 Å². The van der Waals surface area contributed by atoms with Crippen LogP contribution in [-0.4, -0.2) is 23.8 Å². The third-order valence-electron chi connectivity index (χ3n) is 1.45. The first-order valence-electron chi connectivity index (χ1n) is 4.05. The minimum Gasteiger partial charge on any atom is -0.319 e. The standard InChI is InChI=1S/C9H14N2S/c1-8(7-10-2)12-9-5-3-4-6-11-9/h3-6,8,10H,7H2,1-2H3. The van der Waals surface area contributed by atoms with Gasteiger partial charge in [0.25, 0.3) is 0 Å². The van der Waals surface area contributed by atoms with Gasteiger partial charge < -0.3 is 5.32 Å². The van der Waals surface area contributed by atoms with Crippen LogP contribution >= 0.6 is 11.8 Å². The summed E-state index contributed by atoms with van der Waals surface area (Å²) in [6.07, 6.45) is 1.83. The molecule has 12 heavy (non-hydrogen) atoms. The normalized spacial score (nSPS) is 12.8. The van der Waals surface area contributed by atoms with Gasteiger partial charge in [0.15, 0.2) is 0 Å². The number of nitrogens with one attached hydrogen (secondary N) is 1. The molecule has 0 aromatic carbocycles. The maximum absolute atomic E-state index is 4.24. The van der Waals surface area contributed by atoms with Gasteiger partial charge in [0.05, 0.1) is 5.03 Å². The van der Waals surface area contributed by atoms with Crippen molar-refractivity contribution in [2.24, 2.45) is 0 Å². The molecule has 1 atom stereocenters. The minimum absolute atomic E-state index is 0.574. The average molecular weight is 182 g/mol. The number of pyridine rings is 1. The monoisotopic (exact) mass is 182 g/mol. The van der Waals surface area contributed by atoms with Crippen molar-refractivity contribution >= 4 is 11.8 Å². The summed E-state index contributed by atoms with van der Waals surface area (Å²) >= 11 is 1.79. The van der Waals surface area contributed by atoms with Crippen molar-refractivity contribution in [1.29, 1.82) is 0 Å². The Balaban J connectivity index is 2.41. The molecule has 1 aromatic heterocycles. The second kappa shape index (κ2) is 5.17. The Morgan fingerprint density at radius 3 is 3.00 bits per heavy atom. The fourth-order valence-electron chi connectivity index (χ4n) is 0.952. The summed E-state index contributed by atoms with van der Waals surface area (Å²) in [6, 6.07) is 5.99. The first kappa shape index (κ1) is 9.55. The molecule has 0 spiro atoms. The number of rotatable bonds is 4. The number of hydrogen-bond donors (Lipinski definition) is 1. The first-order chi connectivity index (χ1) is 5.83. The van der Waals surface area contributed by atoms with E-state index in [0.717, 1.165) is 11.6 Å². The Hall–Kier alpha value is -0.540. The van der Waals surface area contributed by atoms with Gasteiger partial charge in [-0.05, 0) is 19.2 Å². The molecule has 0 aliphatic carbocycles. The highest BCUT2D eigenvalue weighted by Crippen LogP contribution is 2.19. The van der Waals surface area contributed by atoms with Crippen LogP contribution in [0.5, 0.6) is 0 Å². The highest BCUT2D eigenvalue weighted by molar-refractivity contribution is 7.99. The second-order valence-electron chi connectivity index (χ2n) is 2.65. The average Bonchev–Trinajstić information content (AvgIpc) is 2.06. The van der Waals surface area contributed by atoms with Crippen LogP contribution in [0.3, 0.4) is 0 Å². The second-order valence-corrected chi connectivity index (χ2v) is 4.11. The van der Waals surface area contributed by atoms with Crippen LogP contribution in [0.2, 0.25) is 0 Å². The summed E-state index contributed by atoms with van der Waals surface area (Å²) in [5.74, 6) is 0. The molecule has 0 saturated heterocycles. The maximum Gasteiger partial charge on any atom is 0.0962 e. The van der Waals surface area contributed by atoms with E-state index in [1.54, 1.807) is 11.8 Å². The molecule has 0 fully saturated rings. The topological polar surface area (TPSA) is 24.9 Å². The zero-order valence-corrected chi connectivity index (χ0v) is 8.27. The predicted molar refractivity (Wildman–Crippen MR) is 53.5 cm³/mol. The summed E-state index contributed by atoms with van der Waals surface area (Å²) in [5, 5.41) is 4.81. The van der Waals surface area contributed by atoms with Gasteiger partial charge in [0, 0.05) is 18.0 Å². The zero-order chi connectivity index (χ0) is 8.81. The van der Waals surface area contributed by atoms with E-state index in [4.69, 9.17) is 0 Å². The van der Waals surface area contributed by atoms with E-state index in [2.05, 4.69) is 17.2 Å². The molecule has 0 radical (unpaired) electrons. The van der Waals surface area contributed by atoms with E-state index in [0.29, 0.717) is 5.25 Å². The van der Waals surface area contributed by atoms with Gasteiger partial charge in [0.1, 0.15) is 0 Å². The molecule has 0 saturated carbocycles. The quantitative estimate of drug-likeness (QED) is 0.718. The van der Waals surface area contributed by atoms with E-state index < -0.39 is 0 Å². The van der Waals surface area contributed by atoms with Crippen molar-refractivity contribution in [3.05, 3.63) is 24.4 Å². The summed E-state index contributed by atoms with van der Waals surface area (Å²) < 4.78 is 0. The lowest BCUT2D eigenvalue weighted by atomic mass is 10.5. The van der Waals surface area contributed by atoms with Crippen LogP contribution in [0.4, 0.5) is 0 Å². The molecule has 3 heteroatoms. The Kier molecular flexibility index (Phi) is 4.11. The van der Waals surface area contributed by atoms with Crippen molar-refractivity contribution in [2.45, 2.75) is 17.2 Å². The van der Waals surface area contributed by atoms with E-state index in [-0.39, 0.29) is 0 Å². The molecule has 2 nitrogen and oxygen atoms in total. The van der Waals surface area contributed by atoms with Crippen LogP contribution in [-0.2, 0) is 0 Å². The largest absolute Gasteiger partial charge is 0.319 e. The maximum atomic E-state index is 4.24. The third-order valence-corrected chi connectivity index (χ3v) is 2.50. The molecule has 1 aromatic rings. The smallest absolute Gasteiger partial charge is 0.0962 e. The Bertz CT molecular complexity index is 213. The number of hydrogen-bond acceptors (Lipinski definition) is 3. The Morgan fingerprint density at radius 2 is 2.42 bits per heavy atom. The molecular formula is C9H14N2S. The zero-order valence-electron chi connectivity index (χ0n) is 7.45. The predicted octanol–water partition coefficient (Wildman–Crippen LogP) is 1.78. The lowest BCUT2D eigenvalue weighted by Crippen LogP contribution is -2.17. The lowest BCUT2D eigenvalue weighted by molar-refractivity contribution is 0.784. The van der Waals surface area contributed by atoms with Crippen LogP contribution in [0.15, 0.2) is 29.4 Å². The van der Waals surface area contributed by atoms with E-state index >= 15 is 0 Å². The fourth-order valence-corrected chi connectivity index (χ4v) is 1.89. The summed E-state index contributed by atoms with van der Waals surface area (Å²) in [5.41, 5.74) is 0. The van der Waals surface area contributed by atoms with Crippen molar-refractivity contribution < 1.29 is 0 Å². The first-order valence-corrected chi connectivity index (χ1v) is 4.93. The molecular weight excluding hydrogens is 168 g/mol. The van der Waals surface area contributed by atoms with Crippen LogP contribution in [0, 0.1) is 0 Å². The van der Waals surface area contributed by atoms with E-state index in [1.165, 1.54) is 0 Å². The molecule has 1 unspecified atom stereocenters. The molecule has 1 heterocycles. The van der Waals surface area contributed by atoms with Gasteiger partial charge in [-0.25, -0.2) is 4.98 Å². The van der Waals surface area contributed by atoms with Gasteiger partial charge >= 0.3 is 0 Å². The number of aromatic nitrogens is 1. The Morgan fingerprint density at radius 1 is 1.58 bits per heavy atom. The van der Waals surface area contributed by atoms with Crippen molar-refractivity contribution in [2.75, 3.05) is 13.6 Å². The van der Waals surface area contributed by atoms with Crippen LogP contribution < -0.4 is 5.32 Å². The van der Waals surface area contributed by atoms with Gasteiger partial charge in [-0.15, -0.1) is 11.8 Å². The number of thioether (sulfide) groups is 1. The molecule has 0 bridgehead atoms. The summed E-state index contributed by atoms with van der Waals surface area (Å²) in [4.78, 5) is 4.24. The van der Waals surface area contributed by atoms with Crippen LogP contribution in [0.25, 0.3) is 0 Å². The van der Waals surface area contributed by atoms with E-state index in [1.807, 2.05) is 31.4 Å². The third kappa shape index (κ3) is 3.24. The highest BCUT2D eigenvalue weighted by Gasteiger charge is 2.02. The molecule has 0 aliphatic heterocycles. The number of nitrogens with zero attached hydrogens (tertiary/aromatic N) is 1. The summed E-state index contributed by atoms with van der Waals surface area (Å²) in [6.45, 7) is 3.21. The van der Waals surface area contributed by atoms with Crippen molar-refractivity contribution in [3.8, 4) is 0 Å². The van der Waals surface area contributed by atoms with Gasteiger partial charge in [-0.2, -0.15) is 0 Å². The minimum atomic E-state index is 0.574. The molecule has 0 aliphatic rings. The SMILES string of the molecule is CNCC(C)Sc1ccccn1. The molecule has 0 amide bonds. The molecule has 1 rings (SSSR count). The van der Waals surface area contributed by atoms with Crippen molar-refractivity contribution in [3.63, 3.8) is 0 Å². The Labute approximate surface area is 77.8 Å². The fraction of sp³-hybridized carbons (Fsp3) is 0.444. The summed E-state index contributed by atoms with van der Waals surface area (Å²) in [7, 11) is 1.97.